The van der Waals surface area contributed by atoms with Crippen molar-refractivity contribution in [1.29, 1.82) is 0 Å². The van der Waals surface area contributed by atoms with Crippen LogP contribution in [0.4, 0.5) is 13.2 Å². The number of esters is 1. The standard InChI is InChI=1S/C4H5F3O3/c1-10-3(9)4(6,7)2(5)8/h2,8H,1H3. The molecule has 0 heterocycles. The number of methoxy groups -OCH3 is 1. The van der Waals surface area contributed by atoms with Crippen molar-refractivity contribution in [3.05, 3.63) is 0 Å². The number of alkyl halides is 3. The van der Waals surface area contributed by atoms with Gasteiger partial charge in [-0.05, 0) is 0 Å². The second-order valence-corrected chi connectivity index (χ2v) is 1.45. The molecule has 1 atom stereocenters. The van der Waals surface area contributed by atoms with Crippen molar-refractivity contribution in [2.45, 2.75) is 12.3 Å². The summed E-state index contributed by atoms with van der Waals surface area (Å²) >= 11 is 0. The van der Waals surface area contributed by atoms with Gasteiger partial charge in [0.15, 0.2) is 0 Å². The van der Waals surface area contributed by atoms with Gasteiger partial charge in [0.05, 0.1) is 7.11 Å². The van der Waals surface area contributed by atoms with Gasteiger partial charge in [0.25, 0.3) is 6.36 Å². The van der Waals surface area contributed by atoms with Crippen molar-refractivity contribution in [2.75, 3.05) is 7.11 Å². The average Bonchev–Trinajstić information content (AvgIpc) is 1.86. The highest BCUT2D eigenvalue weighted by atomic mass is 19.3. The molecule has 0 fully saturated rings. The SMILES string of the molecule is COC(=O)C(F)(F)C(O)F. The van der Waals surface area contributed by atoms with Crippen molar-refractivity contribution in [3.8, 4) is 0 Å². The molecule has 10 heavy (non-hydrogen) atoms. The van der Waals surface area contributed by atoms with Gasteiger partial charge in [0.1, 0.15) is 0 Å². The Morgan fingerprint density at radius 1 is 1.70 bits per heavy atom. The Hall–Kier alpha value is -0.780. The predicted molar refractivity (Wildman–Crippen MR) is 24.1 cm³/mol. The van der Waals surface area contributed by atoms with E-state index in [0.29, 0.717) is 7.11 Å². The van der Waals surface area contributed by atoms with Crippen LogP contribution in [0.1, 0.15) is 0 Å². The highest BCUT2D eigenvalue weighted by molar-refractivity contribution is 5.77. The quantitative estimate of drug-likeness (QED) is 0.579. The predicted octanol–water partition coefficient (Wildman–Crippen LogP) is 0.0826. The molecule has 0 amide bonds. The molecule has 0 bridgehead atoms. The van der Waals surface area contributed by atoms with Crippen molar-refractivity contribution in [3.63, 3.8) is 0 Å². The van der Waals surface area contributed by atoms with Crippen molar-refractivity contribution >= 4 is 5.97 Å². The summed E-state index contributed by atoms with van der Waals surface area (Å²) in [6.07, 6.45) is -3.51. The first kappa shape index (κ1) is 9.22. The highest BCUT2D eigenvalue weighted by Crippen LogP contribution is 2.20. The molecule has 0 spiro atoms. The molecule has 0 aliphatic heterocycles. The summed E-state index contributed by atoms with van der Waals surface area (Å²) in [6, 6.07) is 0. The van der Waals surface area contributed by atoms with E-state index in [-0.39, 0.29) is 0 Å². The van der Waals surface area contributed by atoms with Crippen LogP contribution >= 0.6 is 0 Å². The first-order valence-electron chi connectivity index (χ1n) is 2.21. The maximum atomic E-state index is 11.8. The molecule has 0 aliphatic rings. The van der Waals surface area contributed by atoms with Gasteiger partial charge in [-0.15, -0.1) is 0 Å². The van der Waals surface area contributed by atoms with Crippen LogP contribution in [0.5, 0.6) is 0 Å². The second-order valence-electron chi connectivity index (χ2n) is 1.45. The van der Waals surface area contributed by atoms with Crippen molar-refractivity contribution < 1.29 is 27.8 Å². The highest BCUT2D eigenvalue weighted by Gasteiger charge is 2.48. The monoisotopic (exact) mass is 158 g/mol. The molecule has 3 nitrogen and oxygen atoms in total. The first-order chi connectivity index (χ1) is 4.42. The topological polar surface area (TPSA) is 46.5 Å². The van der Waals surface area contributed by atoms with E-state index in [4.69, 9.17) is 5.11 Å². The molecule has 0 aliphatic carbocycles. The Balaban J connectivity index is 4.24. The number of rotatable bonds is 2. The fraction of sp³-hybridized carbons (Fsp3) is 0.750. The van der Waals surface area contributed by atoms with Crippen LogP contribution in [-0.4, -0.2) is 30.5 Å². The van der Waals surface area contributed by atoms with Gasteiger partial charge in [-0.3, -0.25) is 0 Å². The minimum absolute atomic E-state index is 0.665. The summed E-state index contributed by atoms with van der Waals surface area (Å²) in [4.78, 5) is 9.90. The van der Waals surface area contributed by atoms with Crippen LogP contribution in [0.3, 0.4) is 0 Å². The molecular weight excluding hydrogens is 153 g/mol. The van der Waals surface area contributed by atoms with Gasteiger partial charge >= 0.3 is 11.9 Å². The van der Waals surface area contributed by atoms with Gasteiger partial charge in [0.2, 0.25) is 0 Å². The minimum Gasteiger partial charge on any atom is -0.464 e. The molecule has 0 aromatic rings. The molecule has 0 saturated carbocycles. The Morgan fingerprint density at radius 3 is 2.20 bits per heavy atom. The molecule has 0 radical (unpaired) electrons. The van der Waals surface area contributed by atoms with E-state index in [0.717, 1.165) is 0 Å². The molecule has 1 N–H and O–H groups in total. The fourth-order valence-corrected chi connectivity index (χ4v) is 0.233. The number of aliphatic hydroxyl groups is 1. The van der Waals surface area contributed by atoms with Gasteiger partial charge < -0.3 is 9.84 Å². The summed E-state index contributed by atoms with van der Waals surface area (Å²) in [5, 5.41) is 7.66. The van der Waals surface area contributed by atoms with Gasteiger partial charge in [-0.1, -0.05) is 0 Å². The summed E-state index contributed by atoms with van der Waals surface area (Å²) in [7, 11) is 0.665. The van der Waals surface area contributed by atoms with Crippen molar-refractivity contribution in [2.24, 2.45) is 0 Å². The third-order valence-electron chi connectivity index (χ3n) is 0.757. The summed E-state index contributed by atoms with van der Waals surface area (Å²) < 4.78 is 38.6. The zero-order valence-electron chi connectivity index (χ0n) is 4.97. The number of halogens is 3. The Morgan fingerprint density at radius 2 is 2.10 bits per heavy atom. The van der Waals surface area contributed by atoms with E-state index in [1.54, 1.807) is 0 Å². The van der Waals surface area contributed by atoms with E-state index < -0.39 is 18.2 Å². The Kier molecular flexibility index (Phi) is 2.65. The molecule has 0 aromatic carbocycles. The Bertz CT molecular complexity index is 134. The number of ether oxygens (including phenoxy) is 1. The third kappa shape index (κ3) is 1.60. The lowest BCUT2D eigenvalue weighted by atomic mass is 10.3. The lowest BCUT2D eigenvalue weighted by Gasteiger charge is -2.12. The van der Waals surface area contributed by atoms with Crippen LogP contribution in [0.15, 0.2) is 0 Å². The summed E-state index contributed by atoms with van der Waals surface area (Å²) in [6.45, 7) is 0. The maximum Gasteiger partial charge on any atom is 0.396 e. The third-order valence-corrected chi connectivity index (χ3v) is 0.757. The lowest BCUT2D eigenvalue weighted by molar-refractivity contribution is -0.204. The largest absolute Gasteiger partial charge is 0.464 e. The lowest BCUT2D eigenvalue weighted by Crippen LogP contribution is -2.39. The number of hydrogen-bond acceptors (Lipinski definition) is 3. The minimum atomic E-state index is -4.46. The smallest absolute Gasteiger partial charge is 0.396 e. The average molecular weight is 158 g/mol. The van der Waals surface area contributed by atoms with E-state index in [2.05, 4.69) is 4.74 Å². The Labute approximate surface area is 54.4 Å². The molecule has 0 aromatic heterocycles. The zero-order valence-corrected chi connectivity index (χ0v) is 4.97. The van der Waals surface area contributed by atoms with Crippen LogP contribution < -0.4 is 0 Å². The summed E-state index contributed by atoms with van der Waals surface area (Å²) in [5.41, 5.74) is 0. The summed E-state index contributed by atoms with van der Waals surface area (Å²) in [5.74, 6) is -6.56. The van der Waals surface area contributed by atoms with Crippen LogP contribution in [0.2, 0.25) is 0 Å². The zero-order chi connectivity index (χ0) is 8.36. The van der Waals surface area contributed by atoms with E-state index in [1.165, 1.54) is 0 Å². The molecule has 1 unspecified atom stereocenters. The van der Waals surface area contributed by atoms with Gasteiger partial charge in [-0.25, -0.2) is 9.18 Å². The fourth-order valence-electron chi connectivity index (χ4n) is 0.233. The molecular formula is C4H5F3O3. The van der Waals surface area contributed by atoms with E-state index in [9.17, 15) is 18.0 Å². The maximum absolute atomic E-state index is 11.8. The normalized spacial score (nSPS) is 14.5. The number of hydrogen-bond donors (Lipinski definition) is 1. The molecule has 6 heteroatoms. The van der Waals surface area contributed by atoms with E-state index in [1.807, 2.05) is 0 Å². The molecule has 60 valence electrons. The van der Waals surface area contributed by atoms with Gasteiger partial charge in [-0.2, -0.15) is 8.78 Å². The van der Waals surface area contributed by atoms with Crippen molar-refractivity contribution in [1.82, 2.24) is 0 Å². The van der Waals surface area contributed by atoms with Crippen LogP contribution in [0, 0.1) is 0 Å². The van der Waals surface area contributed by atoms with Crippen LogP contribution in [0.25, 0.3) is 0 Å². The van der Waals surface area contributed by atoms with Crippen LogP contribution in [-0.2, 0) is 9.53 Å². The molecule has 0 saturated heterocycles. The number of carbonyl (C=O) groups excluding carboxylic acids is 1. The number of aliphatic hydroxyl groups excluding tert-OH is 1. The second kappa shape index (κ2) is 2.87. The molecule has 0 rings (SSSR count). The van der Waals surface area contributed by atoms with Gasteiger partial charge in [0, 0.05) is 0 Å². The number of carbonyl (C=O) groups is 1. The first-order valence-corrected chi connectivity index (χ1v) is 2.21. The van der Waals surface area contributed by atoms with E-state index >= 15 is 0 Å².